The summed E-state index contributed by atoms with van der Waals surface area (Å²) in [5.74, 6) is 0.0896. The molecule has 0 radical (unpaired) electrons. The summed E-state index contributed by atoms with van der Waals surface area (Å²) in [6.45, 7) is 5.60. The minimum Gasteiger partial charge on any atom is -0.479 e. The topological polar surface area (TPSA) is 71.5 Å². The van der Waals surface area contributed by atoms with Crippen LogP contribution in [0.25, 0.3) is 11.3 Å². The van der Waals surface area contributed by atoms with Crippen LogP contribution < -0.4 is 15.0 Å². The van der Waals surface area contributed by atoms with Crippen molar-refractivity contribution in [2.24, 2.45) is 0 Å². The molecule has 0 aliphatic carbocycles. The van der Waals surface area contributed by atoms with Gasteiger partial charge in [0.2, 0.25) is 5.91 Å². The molecule has 1 atom stereocenters. The van der Waals surface area contributed by atoms with Gasteiger partial charge in [0.25, 0.3) is 5.91 Å². The van der Waals surface area contributed by atoms with Gasteiger partial charge in [-0.1, -0.05) is 25.1 Å². The molecule has 0 saturated carbocycles. The SMILES string of the molecule is CCc1ccccc1NC(=O)CN1C(=O)C(C)Oc2ccc(-c3csc(C)n3)cc21. The molecule has 0 bridgehead atoms. The van der Waals surface area contributed by atoms with Gasteiger partial charge in [0.1, 0.15) is 12.3 Å². The van der Waals surface area contributed by atoms with E-state index in [1.807, 2.05) is 61.7 Å². The number of hydrogen-bond donors (Lipinski definition) is 1. The van der Waals surface area contributed by atoms with Gasteiger partial charge < -0.3 is 10.1 Å². The molecule has 2 heterocycles. The van der Waals surface area contributed by atoms with Crippen molar-refractivity contribution in [1.29, 1.82) is 0 Å². The van der Waals surface area contributed by atoms with Gasteiger partial charge in [-0.3, -0.25) is 14.5 Å². The summed E-state index contributed by atoms with van der Waals surface area (Å²) in [6.07, 6.45) is 0.157. The fraction of sp³-hybridized carbons (Fsp3) is 0.261. The number of nitrogens with zero attached hydrogens (tertiary/aromatic N) is 2. The number of amides is 2. The molecule has 0 saturated heterocycles. The highest BCUT2D eigenvalue weighted by molar-refractivity contribution is 7.09. The number of nitrogens with one attached hydrogen (secondary N) is 1. The van der Waals surface area contributed by atoms with E-state index in [-0.39, 0.29) is 18.4 Å². The smallest absolute Gasteiger partial charge is 0.268 e. The molecule has 1 aliphatic rings. The zero-order valence-corrected chi connectivity index (χ0v) is 18.0. The van der Waals surface area contributed by atoms with Gasteiger partial charge in [-0.05, 0) is 50.1 Å². The van der Waals surface area contributed by atoms with Crippen LogP contribution in [0.4, 0.5) is 11.4 Å². The Morgan fingerprint density at radius 1 is 1.27 bits per heavy atom. The maximum atomic E-state index is 12.9. The van der Waals surface area contributed by atoms with E-state index in [2.05, 4.69) is 10.3 Å². The number of thiazole rings is 1. The van der Waals surface area contributed by atoms with Crippen molar-refractivity contribution in [3.05, 3.63) is 58.4 Å². The van der Waals surface area contributed by atoms with E-state index in [1.165, 1.54) is 4.90 Å². The maximum absolute atomic E-state index is 12.9. The van der Waals surface area contributed by atoms with Crippen LogP contribution in [0.1, 0.15) is 24.4 Å². The van der Waals surface area contributed by atoms with E-state index < -0.39 is 6.10 Å². The van der Waals surface area contributed by atoms with Gasteiger partial charge in [-0.25, -0.2) is 4.98 Å². The molecule has 0 spiro atoms. The molecular weight excluding hydrogens is 398 g/mol. The van der Waals surface area contributed by atoms with Gasteiger partial charge >= 0.3 is 0 Å². The van der Waals surface area contributed by atoms with Crippen LogP contribution >= 0.6 is 11.3 Å². The van der Waals surface area contributed by atoms with Crippen LogP contribution in [-0.4, -0.2) is 29.4 Å². The third-order valence-corrected chi connectivity index (χ3v) is 5.83. The molecule has 6 nitrogen and oxygen atoms in total. The lowest BCUT2D eigenvalue weighted by Crippen LogP contribution is -2.47. The molecule has 1 N–H and O–H groups in total. The lowest BCUT2D eigenvalue weighted by Gasteiger charge is -2.33. The van der Waals surface area contributed by atoms with Crippen molar-refractivity contribution in [2.75, 3.05) is 16.8 Å². The number of rotatable bonds is 5. The second kappa shape index (κ2) is 8.28. The molecule has 2 amide bonds. The first kappa shape index (κ1) is 20.1. The van der Waals surface area contributed by atoms with Gasteiger partial charge in [0.05, 0.1) is 16.4 Å². The summed E-state index contributed by atoms with van der Waals surface area (Å²) >= 11 is 1.57. The summed E-state index contributed by atoms with van der Waals surface area (Å²) in [5.41, 5.74) is 4.12. The minimum absolute atomic E-state index is 0.0862. The van der Waals surface area contributed by atoms with Crippen LogP contribution in [0.2, 0.25) is 0 Å². The Morgan fingerprint density at radius 3 is 2.80 bits per heavy atom. The number of aromatic nitrogens is 1. The molecule has 1 unspecified atom stereocenters. The Bertz CT molecular complexity index is 1110. The molecule has 1 aromatic heterocycles. The standard InChI is InChI=1S/C23H23N3O3S/c1-4-16-7-5-6-8-18(16)25-22(27)12-26-20-11-17(19-13-30-15(3)24-19)9-10-21(20)29-14(2)23(26)28/h5-11,13-14H,4,12H2,1-3H3,(H,25,27). The summed E-state index contributed by atoms with van der Waals surface area (Å²) in [6, 6.07) is 13.3. The average molecular weight is 422 g/mol. The quantitative estimate of drug-likeness (QED) is 0.661. The Balaban J connectivity index is 1.62. The van der Waals surface area contributed by atoms with Crippen molar-refractivity contribution in [2.45, 2.75) is 33.3 Å². The first-order valence-electron chi connectivity index (χ1n) is 9.88. The van der Waals surface area contributed by atoms with E-state index in [1.54, 1.807) is 18.3 Å². The number of carbonyl (C=O) groups is 2. The largest absolute Gasteiger partial charge is 0.479 e. The molecule has 4 rings (SSSR count). The summed E-state index contributed by atoms with van der Waals surface area (Å²) in [5, 5.41) is 5.88. The Hall–Kier alpha value is -3.19. The number of aryl methyl sites for hydroxylation is 2. The maximum Gasteiger partial charge on any atom is 0.268 e. The zero-order valence-electron chi connectivity index (χ0n) is 17.1. The van der Waals surface area contributed by atoms with Gasteiger partial charge in [-0.15, -0.1) is 11.3 Å². The van der Waals surface area contributed by atoms with Crippen LogP contribution in [0.3, 0.4) is 0 Å². The predicted molar refractivity (Wildman–Crippen MR) is 119 cm³/mol. The van der Waals surface area contributed by atoms with Gasteiger partial charge in [0.15, 0.2) is 6.10 Å². The highest BCUT2D eigenvalue weighted by Crippen LogP contribution is 2.37. The summed E-state index contributed by atoms with van der Waals surface area (Å²) in [7, 11) is 0. The van der Waals surface area contributed by atoms with E-state index in [4.69, 9.17) is 4.74 Å². The van der Waals surface area contributed by atoms with E-state index in [0.717, 1.165) is 33.9 Å². The fourth-order valence-electron chi connectivity index (χ4n) is 3.51. The van der Waals surface area contributed by atoms with Crippen molar-refractivity contribution < 1.29 is 14.3 Å². The Morgan fingerprint density at radius 2 is 2.07 bits per heavy atom. The van der Waals surface area contributed by atoms with Crippen LogP contribution in [0.15, 0.2) is 47.8 Å². The van der Waals surface area contributed by atoms with E-state index in [0.29, 0.717) is 11.4 Å². The third-order valence-electron chi connectivity index (χ3n) is 5.06. The van der Waals surface area contributed by atoms with Crippen LogP contribution in [0.5, 0.6) is 5.75 Å². The molecule has 154 valence electrons. The van der Waals surface area contributed by atoms with Crippen molar-refractivity contribution in [3.63, 3.8) is 0 Å². The second-order valence-electron chi connectivity index (χ2n) is 7.18. The van der Waals surface area contributed by atoms with E-state index in [9.17, 15) is 9.59 Å². The molecule has 0 fully saturated rings. The number of anilines is 2. The average Bonchev–Trinajstić information content (AvgIpc) is 3.18. The molecule has 1 aliphatic heterocycles. The fourth-order valence-corrected chi connectivity index (χ4v) is 4.13. The molecule has 7 heteroatoms. The summed E-state index contributed by atoms with van der Waals surface area (Å²) < 4.78 is 5.77. The minimum atomic E-state index is -0.652. The highest BCUT2D eigenvalue weighted by atomic mass is 32.1. The summed E-state index contributed by atoms with van der Waals surface area (Å²) in [4.78, 5) is 31.7. The molecule has 30 heavy (non-hydrogen) atoms. The van der Waals surface area contributed by atoms with Crippen molar-refractivity contribution in [3.8, 4) is 17.0 Å². The first-order chi connectivity index (χ1) is 14.5. The number of benzene rings is 2. The lowest BCUT2D eigenvalue weighted by atomic mass is 10.1. The number of para-hydroxylation sites is 1. The molecular formula is C23H23N3O3S. The number of ether oxygens (including phenoxy) is 1. The number of hydrogen-bond acceptors (Lipinski definition) is 5. The Labute approximate surface area is 179 Å². The Kier molecular flexibility index (Phi) is 5.55. The molecule has 3 aromatic rings. The monoisotopic (exact) mass is 421 g/mol. The lowest BCUT2D eigenvalue weighted by molar-refractivity contribution is -0.127. The van der Waals surface area contributed by atoms with E-state index >= 15 is 0 Å². The van der Waals surface area contributed by atoms with Crippen LogP contribution in [-0.2, 0) is 16.0 Å². The van der Waals surface area contributed by atoms with Crippen LogP contribution in [0, 0.1) is 6.92 Å². The zero-order chi connectivity index (χ0) is 21.3. The van der Waals surface area contributed by atoms with Crippen molar-refractivity contribution in [1.82, 2.24) is 4.98 Å². The normalized spacial score (nSPS) is 15.5. The third kappa shape index (κ3) is 3.93. The second-order valence-corrected chi connectivity index (χ2v) is 8.24. The predicted octanol–water partition coefficient (Wildman–Crippen LogP) is 4.43. The number of fused-ring (bicyclic) bond motifs is 1. The molecule has 2 aromatic carbocycles. The van der Waals surface area contributed by atoms with Gasteiger partial charge in [-0.2, -0.15) is 0 Å². The number of carbonyl (C=O) groups excluding carboxylic acids is 2. The van der Waals surface area contributed by atoms with Crippen molar-refractivity contribution >= 4 is 34.5 Å². The highest BCUT2D eigenvalue weighted by Gasteiger charge is 2.33. The van der Waals surface area contributed by atoms with Gasteiger partial charge in [0, 0.05) is 16.6 Å². The first-order valence-corrected chi connectivity index (χ1v) is 10.8.